The highest BCUT2D eigenvalue weighted by atomic mass is 16.5. The molecule has 0 aliphatic carbocycles. The van der Waals surface area contributed by atoms with Gasteiger partial charge in [0.25, 0.3) is 0 Å². The van der Waals surface area contributed by atoms with Crippen molar-refractivity contribution in [3.8, 4) is 67.5 Å². The Balaban J connectivity index is 1.12. The largest absolute Gasteiger partial charge is 0.453 e. The topological polar surface area (TPSA) is 21.7 Å². The summed E-state index contributed by atoms with van der Waals surface area (Å²) in [4.78, 5) is 2.27. The second-order valence-corrected chi connectivity index (χ2v) is 11.4. The van der Waals surface area contributed by atoms with Gasteiger partial charge in [0.05, 0.1) is 11.4 Å². The maximum atomic E-state index is 6.73. The monoisotopic (exact) mass is 577 g/mol. The SMILES string of the molecule is c1ccc(-c2ccc(-c3ccc4c(c3)Oc3cc(-c5ccc(-c6ccccc6)cc5)cc5c3N4c3ccccc3O5)cc2)cc1. The second-order valence-electron chi connectivity index (χ2n) is 11.4. The third-order valence-electron chi connectivity index (χ3n) is 8.66. The Kier molecular flexibility index (Phi) is 5.82. The van der Waals surface area contributed by atoms with Crippen LogP contribution in [-0.4, -0.2) is 0 Å². The van der Waals surface area contributed by atoms with Crippen molar-refractivity contribution in [2.75, 3.05) is 4.90 Å². The average molecular weight is 578 g/mol. The first-order valence-electron chi connectivity index (χ1n) is 15.2. The van der Waals surface area contributed by atoms with Crippen LogP contribution in [0.5, 0.6) is 23.0 Å². The summed E-state index contributed by atoms with van der Waals surface area (Å²) in [5.74, 6) is 3.18. The lowest BCUT2D eigenvalue weighted by Crippen LogP contribution is -2.20. The van der Waals surface area contributed by atoms with E-state index in [0.29, 0.717) is 0 Å². The molecule has 0 saturated carbocycles. The van der Waals surface area contributed by atoms with E-state index in [-0.39, 0.29) is 0 Å². The maximum Gasteiger partial charge on any atom is 0.156 e. The highest BCUT2D eigenvalue weighted by molar-refractivity contribution is 5.96. The molecule has 0 unspecified atom stereocenters. The lowest BCUT2D eigenvalue weighted by molar-refractivity contribution is 0.446. The van der Waals surface area contributed by atoms with E-state index < -0.39 is 0 Å². The molecule has 45 heavy (non-hydrogen) atoms. The minimum atomic E-state index is 0.771. The van der Waals surface area contributed by atoms with Gasteiger partial charge in [-0.1, -0.05) is 127 Å². The molecule has 0 fully saturated rings. The molecule has 0 N–H and O–H groups in total. The van der Waals surface area contributed by atoms with Gasteiger partial charge in [0.1, 0.15) is 5.69 Å². The molecule has 0 saturated heterocycles. The number of hydrogen-bond acceptors (Lipinski definition) is 3. The molecule has 7 aromatic carbocycles. The number of benzene rings is 7. The molecule has 0 aromatic heterocycles. The molecule has 2 heterocycles. The van der Waals surface area contributed by atoms with Crippen molar-refractivity contribution < 1.29 is 9.47 Å². The van der Waals surface area contributed by atoms with Crippen LogP contribution in [0, 0.1) is 0 Å². The third-order valence-corrected chi connectivity index (χ3v) is 8.66. The number of hydrogen-bond donors (Lipinski definition) is 0. The molecular formula is C42H27NO2. The van der Waals surface area contributed by atoms with E-state index in [1.807, 2.05) is 30.3 Å². The van der Waals surface area contributed by atoms with Gasteiger partial charge in [0.15, 0.2) is 23.0 Å². The van der Waals surface area contributed by atoms with Crippen LogP contribution in [0.1, 0.15) is 0 Å². The van der Waals surface area contributed by atoms with Gasteiger partial charge in [-0.3, -0.25) is 4.90 Å². The predicted octanol–water partition coefficient (Wildman–Crippen LogP) is 12.0. The average Bonchev–Trinajstić information content (AvgIpc) is 3.12. The maximum absolute atomic E-state index is 6.73. The number of rotatable bonds is 4. The fraction of sp³-hybridized carbons (Fsp3) is 0. The molecule has 2 aliphatic rings. The normalized spacial score (nSPS) is 12.3. The standard InChI is InChI=1S/C42H27NO2/c1-3-9-28(10-4-1)30-15-19-32(20-16-30)34-23-24-37-39(25-34)45-41-27-35(33-21-17-31(18-22-33)29-11-5-2-6-12-29)26-40-42(41)43(37)36-13-7-8-14-38(36)44-40/h1-27H. The zero-order chi connectivity index (χ0) is 29.7. The van der Waals surface area contributed by atoms with Crippen LogP contribution < -0.4 is 14.4 Å². The summed E-state index contributed by atoms with van der Waals surface area (Å²) in [5.41, 5.74) is 12.1. The van der Waals surface area contributed by atoms with E-state index in [4.69, 9.17) is 9.47 Å². The van der Waals surface area contributed by atoms with Crippen LogP contribution in [0.3, 0.4) is 0 Å². The summed E-state index contributed by atoms with van der Waals surface area (Å²) in [6.45, 7) is 0. The Hall–Kier alpha value is -6.06. The first-order chi connectivity index (χ1) is 22.3. The molecule has 2 aliphatic heterocycles. The van der Waals surface area contributed by atoms with E-state index in [1.165, 1.54) is 22.3 Å². The van der Waals surface area contributed by atoms with Gasteiger partial charge in [-0.2, -0.15) is 0 Å². The van der Waals surface area contributed by atoms with Crippen LogP contribution in [0.4, 0.5) is 17.1 Å². The Labute approximate surface area is 262 Å². The molecule has 0 spiro atoms. The molecule has 0 amide bonds. The smallest absolute Gasteiger partial charge is 0.156 e. The summed E-state index contributed by atoms with van der Waals surface area (Å²) in [7, 11) is 0. The highest BCUT2D eigenvalue weighted by Crippen LogP contribution is 2.60. The Morgan fingerprint density at radius 2 is 0.689 bits per heavy atom. The van der Waals surface area contributed by atoms with E-state index in [1.54, 1.807) is 0 Å². The summed E-state index contributed by atoms with van der Waals surface area (Å²) in [6, 6.07) is 57.2. The first-order valence-corrected chi connectivity index (χ1v) is 15.2. The quantitative estimate of drug-likeness (QED) is 0.208. The minimum absolute atomic E-state index is 0.771. The third kappa shape index (κ3) is 4.37. The summed E-state index contributed by atoms with van der Waals surface area (Å²) in [5, 5.41) is 0. The molecule has 212 valence electrons. The van der Waals surface area contributed by atoms with Crippen LogP contribution in [0.2, 0.25) is 0 Å². The van der Waals surface area contributed by atoms with Gasteiger partial charge < -0.3 is 9.47 Å². The van der Waals surface area contributed by atoms with Crippen molar-refractivity contribution in [3.05, 3.63) is 164 Å². The van der Waals surface area contributed by atoms with Crippen molar-refractivity contribution in [1.29, 1.82) is 0 Å². The van der Waals surface area contributed by atoms with Gasteiger partial charge in [0, 0.05) is 0 Å². The summed E-state index contributed by atoms with van der Waals surface area (Å²) >= 11 is 0. The Morgan fingerprint density at radius 3 is 1.29 bits per heavy atom. The van der Waals surface area contributed by atoms with E-state index in [2.05, 4.69) is 138 Å². The first kappa shape index (κ1) is 25.4. The minimum Gasteiger partial charge on any atom is -0.453 e. The van der Waals surface area contributed by atoms with Gasteiger partial charge in [-0.25, -0.2) is 0 Å². The van der Waals surface area contributed by atoms with E-state index >= 15 is 0 Å². The lowest BCUT2D eigenvalue weighted by Gasteiger charge is -2.38. The lowest BCUT2D eigenvalue weighted by atomic mass is 9.97. The molecule has 0 bridgehead atoms. The molecule has 9 rings (SSSR count). The van der Waals surface area contributed by atoms with Gasteiger partial charge in [-0.05, 0) is 80.9 Å². The van der Waals surface area contributed by atoms with Crippen molar-refractivity contribution in [2.24, 2.45) is 0 Å². The number of nitrogens with zero attached hydrogens (tertiary/aromatic N) is 1. The zero-order valence-corrected chi connectivity index (χ0v) is 24.4. The number of anilines is 3. The van der Waals surface area contributed by atoms with Gasteiger partial charge in [0.2, 0.25) is 0 Å². The van der Waals surface area contributed by atoms with Crippen molar-refractivity contribution in [2.45, 2.75) is 0 Å². The molecule has 3 heteroatoms. The van der Waals surface area contributed by atoms with Crippen LogP contribution >= 0.6 is 0 Å². The van der Waals surface area contributed by atoms with Crippen LogP contribution in [0.15, 0.2) is 164 Å². The fourth-order valence-electron chi connectivity index (χ4n) is 6.39. The van der Waals surface area contributed by atoms with Crippen molar-refractivity contribution in [1.82, 2.24) is 0 Å². The number of ether oxygens (including phenoxy) is 2. The fourth-order valence-corrected chi connectivity index (χ4v) is 6.39. The molecule has 3 nitrogen and oxygen atoms in total. The zero-order valence-electron chi connectivity index (χ0n) is 24.4. The Morgan fingerprint density at radius 1 is 0.289 bits per heavy atom. The molecule has 7 aromatic rings. The van der Waals surface area contributed by atoms with Gasteiger partial charge in [-0.15, -0.1) is 0 Å². The molecule has 0 radical (unpaired) electrons. The van der Waals surface area contributed by atoms with Crippen LogP contribution in [0.25, 0.3) is 44.5 Å². The number of fused-ring (bicyclic) bond motifs is 4. The van der Waals surface area contributed by atoms with Crippen LogP contribution in [-0.2, 0) is 0 Å². The van der Waals surface area contributed by atoms with Crippen molar-refractivity contribution >= 4 is 17.1 Å². The summed E-state index contributed by atoms with van der Waals surface area (Å²) < 4.78 is 13.2. The second kappa shape index (κ2) is 10.3. The molecule has 0 atom stereocenters. The molecular weight excluding hydrogens is 550 g/mol. The predicted molar refractivity (Wildman–Crippen MR) is 183 cm³/mol. The number of para-hydroxylation sites is 2. The summed E-state index contributed by atoms with van der Waals surface area (Å²) in [6.07, 6.45) is 0. The highest BCUT2D eigenvalue weighted by Gasteiger charge is 2.35. The van der Waals surface area contributed by atoms with Gasteiger partial charge >= 0.3 is 0 Å². The van der Waals surface area contributed by atoms with E-state index in [0.717, 1.165) is 62.3 Å². The Bertz CT molecular complexity index is 2190. The van der Waals surface area contributed by atoms with E-state index in [9.17, 15) is 0 Å². The van der Waals surface area contributed by atoms with Crippen molar-refractivity contribution in [3.63, 3.8) is 0 Å².